The zero-order valence-electron chi connectivity index (χ0n) is 17.3. The highest BCUT2D eigenvalue weighted by Gasteiger charge is 2.68. The van der Waals surface area contributed by atoms with Crippen molar-refractivity contribution >= 4 is 17.9 Å². The Morgan fingerprint density at radius 2 is 2.03 bits per heavy atom. The number of ether oxygens (including phenoxy) is 4. The second-order valence-corrected chi connectivity index (χ2v) is 8.53. The lowest BCUT2D eigenvalue weighted by Crippen LogP contribution is -2.41. The molecule has 8 heteroatoms. The quantitative estimate of drug-likeness (QED) is 0.239. The molecule has 2 aliphatic carbocycles. The van der Waals surface area contributed by atoms with Crippen LogP contribution in [0.5, 0.6) is 0 Å². The summed E-state index contributed by atoms with van der Waals surface area (Å²) in [7, 11) is 0. The van der Waals surface area contributed by atoms with E-state index in [9.17, 15) is 14.4 Å². The third-order valence-corrected chi connectivity index (χ3v) is 6.66. The molecule has 0 amide bonds. The Bertz CT molecular complexity index is 864. The molecule has 0 radical (unpaired) electrons. The van der Waals surface area contributed by atoms with E-state index in [4.69, 9.17) is 24.1 Å². The van der Waals surface area contributed by atoms with Crippen LogP contribution in [0.2, 0.25) is 0 Å². The van der Waals surface area contributed by atoms with Gasteiger partial charge >= 0.3 is 17.9 Å². The molecule has 1 spiro atoms. The monoisotopic (exact) mass is 418 g/mol. The molecule has 0 aromatic rings. The molecule has 0 bridgehead atoms. The Labute approximate surface area is 174 Å². The molecule has 4 aliphatic rings. The summed E-state index contributed by atoms with van der Waals surface area (Å²) in [6.45, 7) is 8.90. The Kier molecular flexibility index (Phi) is 5.10. The molecule has 1 saturated carbocycles. The Morgan fingerprint density at radius 1 is 1.33 bits per heavy atom. The van der Waals surface area contributed by atoms with Gasteiger partial charge in [-0.1, -0.05) is 12.2 Å². The van der Waals surface area contributed by atoms with Gasteiger partial charge in [-0.05, 0) is 26.0 Å². The molecule has 2 aliphatic heterocycles. The molecule has 162 valence electrons. The van der Waals surface area contributed by atoms with E-state index in [1.165, 1.54) is 13.0 Å². The van der Waals surface area contributed by atoms with Crippen molar-refractivity contribution in [2.75, 3.05) is 13.2 Å². The predicted molar refractivity (Wildman–Crippen MR) is 103 cm³/mol. The third-order valence-electron chi connectivity index (χ3n) is 6.66. The number of esters is 3. The van der Waals surface area contributed by atoms with Crippen LogP contribution in [0.25, 0.3) is 0 Å². The van der Waals surface area contributed by atoms with Gasteiger partial charge in [-0.3, -0.25) is 4.79 Å². The second-order valence-electron chi connectivity index (χ2n) is 8.53. The van der Waals surface area contributed by atoms with E-state index in [0.717, 1.165) is 5.57 Å². The summed E-state index contributed by atoms with van der Waals surface area (Å²) >= 11 is 0. The van der Waals surface area contributed by atoms with Crippen molar-refractivity contribution in [2.45, 2.75) is 51.1 Å². The van der Waals surface area contributed by atoms with Gasteiger partial charge in [-0.25, -0.2) is 9.59 Å². The van der Waals surface area contributed by atoms with E-state index < -0.39 is 47.7 Å². The topological polar surface area (TPSA) is 112 Å². The van der Waals surface area contributed by atoms with Crippen LogP contribution in [0, 0.1) is 17.8 Å². The number of hydrogen-bond donors (Lipinski definition) is 1. The molecule has 8 nitrogen and oxygen atoms in total. The van der Waals surface area contributed by atoms with Crippen molar-refractivity contribution in [2.24, 2.45) is 17.8 Å². The summed E-state index contributed by atoms with van der Waals surface area (Å²) in [6, 6.07) is 0. The number of rotatable bonds is 4. The summed E-state index contributed by atoms with van der Waals surface area (Å²) in [6.07, 6.45) is 1.81. The zero-order valence-corrected chi connectivity index (χ0v) is 17.3. The Morgan fingerprint density at radius 3 is 2.63 bits per heavy atom. The van der Waals surface area contributed by atoms with Gasteiger partial charge in [0, 0.05) is 36.3 Å². The fourth-order valence-corrected chi connectivity index (χ4v) is 5.26. The van der Waals surface area contributed by atoms with Crippen molar-refractivity contribution in [3.05, 3.63) is 35.5 Å². The van der Waals surface area contributed by atoms with Gasteiger partial charge in [0.2, 0.25) is 0 Å². The lowest BCUT2D eigenvalue weighted by atomic mass is 9.77. The van der Waals surface area contributed by atoms with Crippen LogP contribution in [-0.4, -0.2) is 60.1 Å². The second kappa shape index (κ2) is 7.35. The summed E-state index contributed by atoms with van der Waals surface area (Å²) < 4.78 is 23.0. The standard InChI is InChI=1S/C22H26O8/c1-10(5-6-23)20(25)29-15-8-22(9-27-22)18-14(28-13(4)24)7-11(2)16(18)19-17(15)12(3)21(26)30-19/h5,7,14-19,23H,3,6,8-9H2,1-2,4H3/b10-5-/t14-,15-,16+,17-,18-,19-,22+/m1/s1. The van der Waals surface area contributed by atoms with Gasteiger partial charge in [0.25, 0.3) is 0 Å². The lowest BCUT2D eigenvalue weighted by Gasteiger charge is -2.31. The minimum atomic E-state index is -0.692. The molecule has 0 unspecified atom stereocenters. The third kappa shape index (κ3) is 3.28. The largest absolute Gasteiger partial charge is 0.458 e. The van der Waals surface area contributed by atoms with Crippen molar-refractivity contribution in [1.82, 2.24) is 0 Å². The molecule has 4 rings (SSSR count). The minimum Gasteiger partial charge on any atom is -0.458 e. The first-order valence-electron chi connectivity index (χ1n) is 10.1. The molecule has 3 fully saturated rings. The van der Waals surface area contributed by atoms with Crippen LogP contribution in [0.3, 0.4) is 0 Å². The van der Waals surface area contributed by atoms with Crippen molar-refractivity contribution in [3.8, 4) is 0 Å². The molecular formula is C22H26O8. The smallest absolute Gasteiger partial charge is 0.334 e. The van der Waals surface area contributed by atoms with Crippen LogP contribution >= 0.6 is 0 Å². The first-order valence-corrected chi connectivity index (χ1v) is 10.1. The molecule has 2 heterocycles. The fraction of sp³-hybridized carbons (Fsp3) is 0.591. The van der Waals surface area contributed by atoms with Gasteiger partial charge in [0.15, 0.2) is 0 Å². The van der Waals surface area contributed by atoms with Gasteiger partial charge < -0.3 is 24.1 Å². The van der Waals surface area contributed by atoms with E-state index in [1.807, 2.05) is 13.0 Å². The number of aliphatic hydroxyl groups is 1. The van der Waals surface area contributed by atoms with E-state index in [-0.39, 0.29) is 29.6 Å². The van der Waals surface area contributed by atoms with E-state index in [1.54, 1.807) is 6.92 Å². The summed E-state index contributed by atoms with van der Waals surface area (Å²) in [5, 5.41) is 9.07. The zero-order chi connectivity index (χ0) is 21.8. The van der Waals surface area contributed by atoms with Crippen molar-refractivity contribution in [3.63, 3.8) is 0 Å². The number of carbonyl (C=O) groups is 3. The maximum atomic E-state index is 12.6. The average Bonchev–Trinajstić information content (AvgIpc) is 3.30. The average molecular weight is 418 g/mol. The number of fused-ring (bicyclic) bond motifs is 4. The van der Waals surface area contributed by atoms with E-state index in [2.05, 4.69) is 6.58 Å². The lowest BCUT2D eigenvalue weighted by molar-refractivity contribution is -0.151. The maximum absolute atomic E-state index is 12.6. The van der Waals surface area contributed by atoms with E-state index in [0.29, 0.717) is 13.0 Å². The number of carbonyl (C=O) groups excluding carboxylic acids is 3. The van der Waals surface area contributed by atoms with Crippen LogP contribution < -0.4 is 0 Å². The summed E-state index contributed by atoms with van der Waals surface area (Å²) in [5.74, 6) is -2.50. The molecule has 0 aromatic carbocycles. The van der Waals surface area contributed by atoms with Gasteiger partial charge in [-0.15, -0.1) is 0 Å². The van der Waals surface area contributed by atoms with Crippen LogP contribution in [0.4, 0.5) is 0 Å². The molecule has 7 atom stereocenters. The molecule has 30 heavy (non-hydrogen) atoms. The highest BCUT2D eigenvalue weighted by atomic mass is 16.6. The van der Waals surface area contributed by atoms with Crippen molar-refractivity contribution < 1.29 is 38.4 Å². The molecule has 0 aromatic heterocycles. The number of hydrogen-bond acceptors (Lipinski definition) is 8. The van der Waals surface area contributed by atoms with Crippen LogP contribution in [0.15, 0.2) is 35.5 Å². The van der Waals surface area contributed by atoms with Crippen LogP contribution in [0.1, 0.15) is 27.2 Å². The number of aliphatic hydroxyl groups excluding tert-OH is 1. The highest BCUT2D eigenvalue weighted by Crippen LogP contribution is 2.58. The van der Waals surface area contributed by atoms with Gasteiger partial charge in [-0.2, -0.15) is 0 Å². The van der Waals surface area contributed by atoms with Crippen LogP contribution in [-0.2, 0) is 33.3 Å². The highest BCUT2D eigenvalue weighted by molar-refractivity contribution is 5.92. The first-order chi connectivity index (χ1) is 14.2. The number of epoxide rings is 1. The Balaban J connectivity index is 1.72. The molecule has 2 saturated heterocycles. The minimum absolute atomic E-state index is 0.233. The SMILES string of the molecule is C=C1C(=O)O[C@@H]2[C@H]3C(C)=C[C@@H](OC(C)=O)[C@H]3[C@@]3(CO3)C[C@@H](OC(=O)/C(C)=C\CO)[C@@H]12. The van der Waals surface area contributed by atoms with Gasteiger partial charge in [0.1, 0.15) is 23.9 Å². The van der Waals surface area contributed by atoms with E-state index >= 15 is 0 Å². The molecular weight excluding hydrogens is 392 g/mol. The maximum Gasteiger partial charge on any atom is 0.334 e. The normalized spacial score (nSPS) is 39.6. The fourth-order valence-electron chi connectivity index (χ4n) is 5.26. The summed E-state index contributed by atoms with van der Waals surface area (Å²) in [5.41, 5.74) is 0.841. The Hall–Kier alpha value is -2.45. The van der Waals surface area contributed by atoms with Crippen molar-refractivity contribution in [1.29, 1.82) is 0 Å². The summed E-state index contributed by atoms with van der Waals surface area (Å²) in [4.78, 5) is 36.7. The predicted octanol–water partition coefficient (Wildman–Crippen LogP) is 1.23. The van der Waals surface area contributed by atoms with Gasteiger partial charge in [0.05, 0.1) is 19.1 Å². The molecule has 1 N–H and O–H groups in total. The first kappa shape index (κ1) is 20.8.